The van der Waals surface area contributed by atoms with E-state index in [-0.39, 0.29) is 12.5 Å². The molecule has 0 radical (unpaired) electrons. The van der Waals surface area contributed by atoms with Crippen LogP contribution in [0, 0.1) is 6.92 Å². The highest BCUT2D eigenvalue weighted by molar-refractivity contribution is 5.66. The number of hydrogen-bond acceptors (Lipinski definition) is 3. The van der Waals surface area contributed by atoms with Crippen LogP contribution in [0.4, 0.5) is 0 Å². The molecule has 0 fully saturated rings. The molecular weight excluding hydrogens is 194 g/mol. The molecule has 5 nitrogen and oxygen atoms in total. The third-order valence-electron chi connectivity index (χ3n) is 2.93. The van der Waals surface area contributed by atoms with E-state index in [1.807, 2.05) is 6.92 Å². The number of nitrogens with zero attached hydrogens (tertiary/aromatic N) is 3. The number of carbonyl (C=O) groups is 1. The van der Waals surface area contributed by atoms with Crippen LogP contribution in [-0.4, -0.2) is 25.8 Å². The summed E-state index contributed by atoms with van der Waals surface area (Å²) >= 11 is 0. The first kappa shape index (κ1) is 10.1. The number of carboxylic acid groups (broad SMARTS) is 1. The van der Waals surface area contributed by atoms with Crippen molar-refractivity contribution in [2.45, 2.75) is 45.1 Å². The van der Waals surface area contributed by atoms with E-state index in [0.29, 0.717) is 6.42 Å². The van der Waals surface area contributed by atoms with Gasteiger partial charge in [-0.05, 0) is 26.2 Å². The SMILES string of the molecule is Cc1nnc2n1C(CCC(=O)O)CCC2. The van der Waals surface area contributed by atoms with Crippen LogP contribution in [0.3, 0.4) is 0 Å². The Kier molecular flexibility index (Phi) is 2.70. The van der Waals surface area contributed by atoms with Gasteiger partial charge >= 0.3 is 5.97 Å². The van der Waals surface area contributed by atoms with Crippen LogP contribution in [-0.2, 0) is 11.2 Å². The van der Waals surface area contributed by atoms with Crippen molar-refractivity contribution in [2.75, 3.05) is 0 Å². The fourth-order valence-corrected chi connectivity index (χ4v) is 2.25. The van der Waals surface area contributed by atoms with E-state index in [9.17, 15) is 4.79 Å². The Balaban J connectivity index is 2.14. The van der Waals surface area contributed by atoms with Gasteiger partial charge in [0, 0.05) is 18.9 Å². The van der Waals surface area contributed by atoms with Gasteiger partial charge in [-0.3, -0.25) is 4.79 Å². The average molecular weight is 209 g/mol. The second-order valence-electron chi connectivity index (χ2n) is 4.01. The van der Waals surface area contributed by atoms with Crippen molar-refractivity contribution in [3.8, 4) is 0 Å². The van der Waals surface area contributed by atoms with Gasteiger partial charge in [-0.15, -0.1) is 10.2 Å². The van der Waals surface area contributed by atoms with Gasteiger partial charge in [0.1, 0.15) is 11.6 Å². The zero-order valence-electron chi connectivity index (χ0n) is 8.81. The molecule has 0 bridgehead atoms. The molecule has 1 N–H and O–H groups in total. The van der Waals surface area contributed by atoms with Gasteiger partial charge in [0.25, 0.3) is 0 Å². The predicted octanol–water partition coefficient (Wildman–Crippen LogP) is 1.33. The molecule has 0 amide bonds. The molecule has 82 valence electrons. The third-order valence-corrected chi connectivity index (χ3v) is 2.93. The van der Waals surface area contributed by atoms with E-state index < -0.39 is 5.97 Å². The van der Waals surface area contributed by atoms with Crippen molar-refractivity contribution in [3.63, 3.8) is 0 Å². The highest BCUT2D eigenvalue weighted by Gasteiger charge is 2.23. The molecule has 1 aromatic rings. The molecule has 0 saturated heterocycles. The van der Waals surface area contributed by atoms with Crippen molar-refractivity contribution in [3.05, 3.63) is 11.6 Å². The van der Waals surface area contributed by atoms with Crippen molar-refractivity contribution < 1.29 is 9.90 Å². The van der Waals surface area contributed by atoms with E-state index in [1.165, 1.54) is 0 Å². The smallest absolute Gasteiger partial charge is 0.303 e. The summed E-state index contributed by atoms with van der Waals surface area (Å²) < 4.78 is 2.10. The Hall–Kier alpha value is -1.39. The quantitative estimate of drug-likeness (QED) is 0.815. The maximum absolute atomic E-state index is 10.5. The Labute approximate surface area is 88.1 Å². The molecule has 0 aromatic carbocycles. The highest BCUT2D eigenvalue weighted by atomic mass is 16.4. The minimum Gasteiger partial charge on any atom is -0.481 e. The monoisotopic (exact) mass is 209 g/mol. The number of carboxylic acids is 1. The number of fused-ring (bicyclic) bond motifs is 1. The molecule has 0 saturated carbocycles. The molecule has 0 aliphatic carbocycles. The summed E-state index contributed by atoms with van der Waals surface area (Å²) in [6, 6.07) is 0.278. The summed E-state index contributed by atoms with van der Waals surface area (Å²) in [5, 5.41) is 16.8. The van der Waals surface area contributed by atoms with E-state index in [0.717, 1.165) is 30.9 Å². The average Bonchev–Trinajstić information content (AvgIpc) is 2.58. The largest absolute Gasteiger partial charge is 0.481 e. The topological polar surface area (TPSA) is 68.0 Å². The lowest BCUT2D eigenvalue weighted by Gasteiger charge is -2.24. The van der Waals surface area contributed by atoms with E-state index in [2.05, 4.69) is 14.8 Å². The van der Waals surface area contributed by atoms with Crippen molar-refractivity contribution >= 4 is 5.97 Å². The summed E-state index contributed by atoms with van der Waals surface area (Å²) in [5.74, 6) is 1.18. The number of aryl methyl sites for hydroxylation is 2. The molecule has 0 spiro atoms. The lowest BCUT2D eigenvalue weighted by atomic mass is 10.00. The first-order chi connectivity index (χ1) is 7.18. The van der Waals surface area contributed by atoms with Gasteiger partial charge in [0.2, 0.25) is 0 Å². The number of rotatable bonds is 3. The Bertz CT molecular complexity index is 373. The van der Waals surface area contributed by atoms with Gasteiger partial charge in [0.05, 0.1) is 0 Å². The Morgan fingerprint density at radius 2 is 2.40 bits per heavy atom. The Morgan fingerprint density at radius 3 is 3.13 bits per heavy atom. The number of aliphatic carboxylic acids is 1. The lowest BCUT2D eigenvalue weighted by molar-refractivity contribution is -0.137. The van der Waals surface area contributed by atoms with Crippen LogP contribution in [0.15, 0.2) is 0 Å². The number of hydrogen-bond donors (Lipinski definition) is 1. The molecule has 2 rings (SSSR count). The van der Waals surface area contributed by atoms with Gasteiger partial charge in [-0.2, -0.15) is 0 Å². The molecule has 1 aromatic heterocycles. The first-order valence-corrected chi connectivity index (χ1v) is 5.30. The van der Waals surface area contributed by atoms with Crippen molar-refractivity contribution in [2.24, 2.45) is 0 Å². The summed E-state index contributed by atoms with van der Waals surface area (Å²) in [4.78, 5) is 10.5. The number of aromatic nitrogens is 3. The first-order valence-electron chi connectivity index (χ1n) is 5.30. The molecular formula is C10H15N3O2. The minimum absolute atomic E-state index is 0.224. The lowest BCUT2D eigenvalue weighted by Crippen LogP contribution is -2.20. The standard InChI is InChI=1S/C10H15N3O2/c1-7-11-12-9-4-2-3-8(13(7)9)5-6-10(14)15/h8H,2-6H2,1H3,(H,14,15). The van der Waals surface area contributed by atoms with Crippen LogP contribution in [0.25, 0.3) is 0 Å². The predicted molar refractivity (Wildman–Crippen MR) is 53.6 cm³/mol. The van der Waals surface area contributed by atoms with Gasteiger partial charge in [-0.25, -0.2) is 0 Å². The second-order valence-corrected chi connectivity index (χ2v) is 4.01. The van der Waals surface area contributed by atoms with Crippen LogP contribution >= 0.6 is 0 Å². The molecule has 15 heavy (non-hydrogen) atoms. The summed E-state index contributed by atoms with van der Waals surface area (Å²) in [7, 11) is 0. The molecule has 1 unspecified atom stereocenters. The maximum atomic E-state index is 10.5. The van der Waals surface area contributed by atoms with Crippen molar-refractivity contribution in [1.82, 2.24) is 14.8 Å². The van der Waals surface area contributed by atoms with E-state index >= 15 is 0 Å². The maximum Gasteiger partial charge on any atom is 0.303 e. The minimum atomic E-state index is -0.729. The van der Waals surface area contributed by atoms with Gasteiger partial charge < -0.3 is 9.67 Å². The van der Waals surface area contributed by atoms with E-state index in [4.69, 9.17) is 5.11 Å². The van der Waals surface area contributed by atoms with Crippen LogP contribution in [0.1, 0.15) is 43.4 Å². The highest BCUT2D eigenvalue weighted by Crippen LogP contribution is 2.28. The second kappa shape index (κ2) is 4.00. The summed E-state index contributed by atoms with van der Waals surface area (Å²) in [5.41, 5.74) is 0. The normalized spacial score (nSPS) is 19.9. The van der Waals surface area contributed by atoms with Crippen LogP contribution in [0.2, 0.25) is 0 Å². The van der Waals surface area contributed by atoms with E-state index in [1.54, 1.807) is 0 Å². The van der Waals surface area contributed by atoms with Crippen molar-refractivity contribution in [1.29, 1.82) is 0 Å². The summed E-state index contributed by atoms with van der Waals surface area (Å²) in [6.45, 7) is 1.93. The molecule has 1 aliphatic heterocycles. The zero-order valence-corrected chi connectivity index (χ0v) is 8.81. The molecule has 2 heterocycles. The molecule has 5 heteroatoms. The summed E-state index contributed by atoms with van der Waals surface area (Å²) in [6.07, 6.45) is 3.99. The van der Waals surface area contributed by atoms with Crippen LogP contribution in [0.5, 0.6) is 0 Å². The molecule has 1 aliphatic rings. The third kappa shape index (κ3) is 2.00. The van der Waals surface area contributed by atoms with Gasteiger partial charge in [-0.1, -0.05) is 0 Å². The van der Waals surface area contributed by atoms with Crippen LogP contribution < -0.4 is 0 Å². The Morgan fingerprint density at radius 1 is 1.60 bits per heavy atom. The fraction of sp³-hybridized carbons (Fsp3) is 0.700. The van der Waals surface area contributed by atoms with Gasteiger partial charge in [0.15, 0.2) is 0 Å². The zero-order chi connectivity index (χ0) is 10.8. The fourth-order valence-electron chi connectivity index (χ4n) is 2.25. The molecule has 1 atom stereocenters.